The highest BCUT2D eigenvalue weighted by molar-refractivity contribution is 5.83. The zero-order valence-corrected chi connectivity index (χ0v) is 9.52. The van der Waals surface area contributed by atoms with E-state index in [1.807, 2.05) is 6.92 Å². The molecular weight excluding hydrogens is 176 g/mol. The van der Waals surface area contributed by atoms with Gasteiger partial charge in [0.05, 0.1) is 5.41 Å². The van der Waals surface area contributed by atoms with Gasteiger partial charge in [-0.2, -0.15) is 0 Å². The van der Waals surface area contributed by atoms with Gasteiger partial charge in [-0.05, 0) is 32.7 Å². The Morgan fingerprint density at radius 1 is 1.50 bits per heavy atom. The molecule has 1 atom stereocenters. The zero-order valence-electron chi connectivity index (χ0n) is 9.52. The molecule has 1 fully saturated rings. The minimum absolute atomic E-state index is 0.178. The standard InChI is InChI=1S/C11H22N2O/c1-4-9(5-2)13-10(14)11(3)6-7-12-8-11/h9,12H,4-8H2,1-3H3,(H,13,14). The van der Waals surface area contributed by atoms with Crippen molar-refractivity contribution >= 4 is 5.91 Å². The highest BCUT2D eigenvalue weighted by Crippen LogP contribution is 2.24. The van der Waals surface area contributed by atoms with E-state index in [-0.39, 0.29) is 11.3 Å². The van der Waals surface area contributed by atoms with Crippen molar-refractivity contribution in [3.05, 3.63) is 0 Å². The molecule has 2 N–H and O–H groups in total. The Bertz CT molecular complexity index is 193. The third-order valence-electron chi connectivity index (χ3n) is 3.24. The van der Waals surface area contributed by atoms with Crippen LogP contribution in [0.2, 0.25) is 0 Å². The number of rotatable bonds is 4. The lowest BCUT2D eigenvalue weighted by Crippen LogP contribution is -2.44. The molecule has 82 valence electrons. The van der Waals surface area contributed by atoms with Crippen molar-refractivity contribution in [2.24, 2.45) is 5.41 Å². The largest absolute Gasteiger partial charge is 0.353 e. The molecule has 0 spiro atoms. The van der Waals surface area contributed by atoms with Crippen LogP contribution in [0.15, 0.2) is 0 Å². The molecule has 3 heteroatoms. The molecule has 0 aromatic heterocycles. The van der Waals surface area contributed by atoms with Gasteiger partial charge in [-0.25, -0.2) is 0 Å². The molecule has 0 bridgehead atoms. The second kappa shape index (κ2) is 4.78. The maximum atomic E-state index is 11.9. The second-order valence-electron chi connectivity index (χ2n) is 4.47. The fourth-order valence-corrected chi connectivity index (χ4v) is 1.86. The maximum Gasteiger partial charge on any atom is 0.227 e. The first kappa shape index (κ1) is 11.5. The van der Waals surface area contributed by atoms with Crippen LogP contribution in [0, 0.1) is 5.41 Å². The summed E-state index contributed by atoms with van der Waals surface area (Å²) in [5.74, 6) is 0.219. The summed E-state index contributed by atoms with van der Waals surface area (Å²) < 4.78 is 0. The van der Waals surface area contributed by atoms with E-state index in [1.54, 1.807) is 0 Å². The Morgan fingerprint density at radius 2 is 2.14 bits per heavy atom. The minimum Gasteiger partial charge on any atom is -0.353 e. The predicted octanol–water partition coefficient (Wildman–Crippen LogP) is 1.29. The van der Waals surface area contributed by atoms with Gasteiger partial charge in [0.2, 0.25) is 5.91 Å². The van der Waals surface area contributed by atoms with Crippen molar-refractivity contribution in [2.75, 3.05) is 13.1 Å². The van der Waals surface area contributed by atoms with Gasteiger partial charge in [0.25, 0.3) is 0 Å². The van der Waals surface area contributed by atoms with Crippen LogP contribution in [-0.4, -0.2) is 25.0 Å². The van der Waals surface area contributed by atoms with E-state index < -0.39 is 0 Å². The number of carbonyl (C=O) groups excluding carboxylic acids is 1. The van der Waals surface area contributed by atoms with Gasteiger partial charge in [-0.1, -0.05) is 13.8 Å². The van der Waals surface area contributed by atoms with Crippen LogP contribution in [0.5, 0.6) is 0 Å². The SMILES string of the molecule is CCC(CC)NC(=O)C1(C)CCNC1. The molecule has 0 aliphatic carbocycles. The fraction of sp³-hybridized carbons (Fsp3) is 0.909. The van der Waals surface area contributed by atoms with Gasteiger partial charge in [0, 0.05) is 12.6 Å². The van der Waals surface area contributed by atoms with Crippen molar-refractivity contribution in [3.63, 3.8) is 0 Å². The smallest absolute Gasteiger partial charge is 0.227 e. The number of hydrogen-bond donors (Lipinski definition) is 2. The lowest BCUT2D eigenvalue weighted by molar-refractivity contribution is -0.130. The van der Waals surface area contributed by atoms with Gasteiger partial charge in [-0.3, -0.25) is 4.79 Å². The number of nitrogens with one attached hydrogen (secondary N) is 2. The Balaban J connectivity index is 2.48. The summed E-state index contributed by atoms with van der Waals surface area (Å²) in [5, 5.41) is 6.36. The topological polar surface area (TPSA) is 41.1 Å². The third kappa shape index (κ3) is 2.47. The lowest BCUT2D eigenvalue weighted by Gasteiger charge is -2.25. The summed E-state index contributed by atoms with van der Waals surface area (Å²) in [6, 6.07) is 0.347. The van der Waals surface area contributed by atoms with Gasteiger partial charge >= 0.3 is 0 Å². The summed E-state index contributed by atoms with van der Waals surface area (Å²) in [4.78, 5) is 11.9. The lowest BCUT2D eigenvalue weighted by atomic mass is 9.88. The quantitative estimate of drug-likeness (QED) is 0.714. The van der Waals surface area contributed by atoms with E-state index in [1.165, 1.54) is 0 Å². The summed E-state index contributed by atoms with van der Waals surface area (Å²) in [7, 11) is 0. The Kier molecular flexibility index (Phi) is 3.93. The molecular formula is C11H22N2O. The monoisotopic (exact) mass is 198 g/mol. The first-order chi connectivity index (χ1) is 6.62. The number of carbonyl (C=O) groups is 1. The molecule has 3 nitrogen and oxygen atoms in total. The van der Waals surface area contributed by atoms with Crippen LogP contribution in [0.1, 0.15) is 40.0 Å². The van der Waals surface area contributed by atoms with Gasteiger partial charge in [-0.15, -0.1) is 0 Å². The van der Waals surface area contributed by atoms with Crippen LogP contribution < -0.4 is 10.6 Å². The van der Waals surface area contributed by atoms with E-state index in [4.69, 9.17) is 0 Å². The van der Waals surface area contributed by atoms with Crippen LogP contribution in [0.25, 0.3) is 0 Å². The van der Waals surface area contributed by atoms with Crippen molar-refractivity contribution in [1.82, 2.24) is 10.6 Å². The van der Waals surface area contributed by atoms with Crippen molar-refractivity contribution in [2.45, 2.75) is 46.1 Å². The second-order valence-corrected chi connectivity index (χ2v) is 4.47. The first-order valence-corrected chi connectivity index (χ1v) is 5.64. The molecule has 1 unspecified atom stereocenters. The van der Waals surface area contributed by atoms with Gasteiger partial charge in [0.15, 0.2) is 0 Å². The van der Waals surface area contributed by atoms with Crippen LogP contribution >= 0.6 is 0 Å². The van der Waals surface area contributed by atoms with Crippen LogP contribution in [0.3, 0.4) is 0 Å². The molecule has 0 radical (unpaired) electrons. The summed E-state index contributed by atoms with van der Waals surface area (Å²) in [6.07, 6.45) is 3.00. The highest BCUT2D eigenvalue weighted by Gasteiger charge is 2.36. The molecule has 14 heavy (non-hydrogen) atoms. The van der Waals surface area contributed by atoms with Crippen molar-refractivity contribution < 1.29 is 4.79 Å². The molecule has 0 aromatic carbocycles. The van der Waals surface area contributed by atoms with E-state index in [0.717, 1.165) is 32.4 Å². The highest BCUT2D eigenvalue weighted by atomic mass is 16.2. The molecule has 0 aromatic rings. The molecule has 1 amide bonds. The summed E-state index contributed by atoms with van der Waals surface area (Å²) in [6.45, 7) is 8.06. The average Bonchev–Trinajstić information content (AvgIpc) is 2.62. The normalized spacial score (nSPS) is 26.9. The maximum absolute atomic E-state index is 11.9. The van der Waals surface area contributed by atoms with E-state index in [0.29, 0.717) is 6.04 Å². The molecule has 0 saturated carbocycles. The summed E-state index contributed by atoms with van der Waals surface area (Å²) in [5.41, 5.74) is -0.178. The predicted molar refractivity (Wildman–Crippen MR) is 58.1 cm³/mol. The first-order valence-electron chi connectivity index (χ1n) is 5.64. The van der Waals surface area contributed by atoms with Crippen LogP contribution in [0.4, 0.5) is 0 Å². The van der Waals surface area contributed by atoms with Crippen LogP contribution in [-0.2, 0) is 4.79 Å². The molecule has 1 rings (SSSR count). The van der Waals surface area contributed by atoms with Crippen molar-refractivity contribution in [1.29, 1.82) is 0 Å². The Morgan fingerprint density at radius 3 is 2.57 bits per heavy atom. The minimum atomic E-state index is -0.178. The molecule has 1 aliphatic heterocycles. The fourth-order valence-electron chi connectivity index (χ4n) is 1.86. The number of amides is 1. The van der Waals surface area contributed by atoms with E-state index in [9.17, 15) is 4.79 Å². The molecule has 1 saturated heterocycles. The van der Waals surface area contributed by atoms with E-state index in [2.05, 4.69) is 24.5 Å². The average molecular weight is 198 g/mol. The Hall–Kier alpha value is -0.570. The zero-order chi connectivity index (χ0) is 10.6. The third-order valence-corrected chi connectivity index (χ3v) is 3.24. The molecule has 1 aliphatic rings. The number of hydrogen-bond acceptors (Lipinski definition) is 2. The van der Waals surface area contributed by atoms with E-state index >= 15 is 0 Å². The van der Waals surface area contributed by atoms with Gasteiger partial charge < -0.3 is 10.6 Å². The summed E-state index contributed by atoms with van der Waals surface area (Å²) >= 11 is 0. The Labute approximate surface area is 86.6 Å². The van der Waals surface area contributed by atoms with Gasteiger partial charge in [0.1, 0.15) is 0 Å². The molecule has 1 heterocycles. The van der Waals surface area contributed by atoms with Crippen molar-refractivity contribution in [3.8, 4) is 0 Å².